The van der Waals surface area contributed by atoms with Crippen molar-refractivity contribution in [3.8, 4) is 17.2 Å². The zero-order valence-electron chi connectivity index (χ0n) is 20.7. The molecule has 1 saturated carbocycles. The number of phenolic OH excluding ortho intramolecular Hbond substituents is 1. The maximum absolute atomic E-state index is 13.1. The highest BCUT2D eigenvalue weighted by Gasteiger charge is 2.73. The van der Waals surface area contributed by atoms with Crippen molar-refractivity contribution < 1.29 is 14.9 Å². The summed E-state index contributed by atoms with van der Waals surface area (Å²) in [4.78, 5) is 2.59. The standard InChI is InChI=1S/C32H30N2O3/c35-25-13-12-20-16-26-32(36)17-23-22-8-4-5-9-24(22)34(21-6-2-1-3-7-21)28(23)30-31(32,27(20)29(25)37-30)14-15-33(26)18-19-10-11-19/h1-9,12-13,19,26,30,35-36H,10-11,14-18H2/t26?,30-,31-,32+/m0/s1. The second kappa shape index (κ2) is 6.77. The molecule has 1 spiro atoms. The number of aromatic hydroxyl groups is 1. The molecule has 0 amide bonds. The van der Waals surface area contributed by atoms with Crippen LogP contribution in [0.5, 0.6) is 11.5 Å². The number of ether oxygens (including phenoxy) is 1. The summed E-state index contributed by atoms with van der Waals surface area (Å²) in [6.07, 6.45) is 4.49. The van der Waals surface area contributed by atoms with Crippen LogP contribution in [-0.2, 0) is 18.3 Å². The Kier molecular flexibility index (Phi) is 3.80. The molecule has 37 heavy (non-hydrogen) atoms. The molecule has 2 fully saturated rings. The highest BCUT2D eigenvalue weighted by molar-refractivity contribution is 5.89. The minimum Gasteiger partial charge on any atom is -0.504 e. The highest BCUT2D eigenvalue weighted by Crippen LogP contribution is 2.69. The summed E-state index contributed by atoms with van der Waals surface area (Å²) >= 11 is 0. The first-order valence-corrected chi connectivity index (χ1v) is 13.8. The number of rotatable bonds is 3. The van der Waals surface area contributed by atoms with Crippen LogP contribution in [0.3, 0.4) is 0 Å². The van der Waals surface area contributed by atoms with Gasteiger partial charge in [0, 0.05) is 35.6 Å². The third-order valence-corrected chi connectivity index (χ3v) is 10.2. The largest absolute Gasteiger partial charge is 0.504 e. The first kappa shape index (κ1) is 20.7. The van der Waals surface area contributed by atoms with Crippen molar-refractivity contribution in [2.24, 2.45) is 5.92 Å². The molecule has 5 aliphatic rings. The molecule has 2 bridgehead atoms. The van der Waals surface area contributed by atoms with Gasteiger partial charge in [0.05, 0.1) is 22.2 Å². The van der Waals surface area contributed by atoms with E-state index in [1.807, 2.05) is 6.07 Å². The Bertz CT molecular complexity index is 1610. The van der Waals surface area contributed by atoms with Gasteiger partial charge in [0.2, 0.25) is 0 Å². The molecule has 3 aromatic carbocycles. The average Bonchev–Trinajstić information content (AvgIpc) is 3.57. The summed E-state index contributed by atoms with van der Waals surface area (Å²) in [5.74, 6) is 1.55. The van der Waals surface area contributed by atoms with Crippen LogP contribution in [0.15, 0.2) is 66.7 Å². The van der Waals surface area contributed by atoms with Crippen LogP contribution in [0.2, 0.25) is 0 Å². The van der Waals surface area contributed by atoms with E-state index in [1.54, 1.807) is 6.07 Å². The second-order valence-electron chi connectivity index (χ2n) is 12.0. The van der Waals surface area contributed by atoms with Crippen molar-refractivity contribution in [3.63, 3.8) is 0 Å². The van der Waals surface area contributed by atoms with Crippen LogP contribution in [0, 0.1) is 5.92 Å². The zero-order valence-corrected chi connectivity index (χ0v) is 20.7. The monoisotopic (exact) mass is 490 g/mol. The number of hydrogen-bond acceptors (Lipinski definition) is 4. The first-order valence-electron chi connectivity index (χ1n) is 13.8. The summed E-state index contributed by atoms with van der Waals surface area (Å²) < 4.78 is 9.23. The number of phenols is 1. The molecule has 1 unspecified atom stereocenters. The van der Waals surface area contributed by atoms with Crippen LogP contribution < -0.4 is 4.74 Å². The van der Waals surface area contributed by atoms with Gasteiger partial charge in [0.15, 0.2) is 17.6 Å². The van der Waals surface area contributed by atoms with Crippen LogP contribution in [0.1, 0.15) is 47.8 Å². The summed E-state index contributed by atoms with van der Waals surface area (Å²) in [5, 5.41) is 25.3. The van der Waals surface area contributed by atoms with Gasteiger partial charge in [-0.1, -0.05) is 42.5 Å². The van der Waals surface area contributed by atoms with Gasteiger partial charge in [-0.05, 0) is 73.5 Å². The number of hydrogen-bond donors (Lipinski definition) is 2. The zero-order chi connectivity index (χ0) is 24.5. The van der Waals surface area contributed by atoms with Crippen molar-refractivity contribution in [2.45, 2.75) is 55.3 Å². The number of aromatic nitrogens is 1. The lowest BCUT2D eigenvalue weighted by Gasteiger charge is -2.63. The Morgan fingerprint density at radius 2 is 1.78 bits per heavy atom. The molecule has 5 nitrogen and oxygen atoms in total. The van der Waals surface area contributed by atoms with E-state index in [9.17, 15) is 10.2 Å². The number of benzene rings is 3. The minimum atomic E-state index is -0.963. The van der Waals surface area contributed by atoms with Gasteiger partial charge in [0.1, 0.15) is 0 Å². The maximum Gasteiger partial charge on any atom is 0.166 e. The number of para-hydroxylation sites is 2. The molecule has 1 aromatic heterocycles. The average molecular weight is 491 g/mol. The van der Waals surface area contributed by atoms with E-state index in [2.05, 4.69) is 64.1 Å². The Hall–Kier alpha value is -3.28. The molecular formula is C32H30N2O3. The Morgan fingerprint density at radius 3 is 2.62 bits per heavy atom. The van der Waals surface area contributed by atoms with E-state index in [0.717, 1.165) is 54.3 Å². The van der Waals surface area contributed by atoms with E-state index >= 15 is 0 Å². The summed E-state index contributed by atoms with van der Waals surface area (Å²) in [5.41, 5.74) is 5.33. The molecule has 2 aliphatic heterocycles. The fraction of sp³-hybridized carbons (Fsp3) is 0.375. The molecule has 3 heterocycles. The van der Waals surface area contributed by atoms with Gasteiger partial charge in [-0.15, -0.1) is 0 Å². The van der Waals surface area contributed by atoms with Gasteiger partial charge in [-0.2, -0.15) is 0 Å². The van der Waals surface area contributed by atoms with E-state index in [4.69, 9.17) is 4.74 Å². The summed E-state index contributed by atoms with van der Waals surface area (Å²) in [6, 6.07) is 23.0. The number of likely N-dealkylation sites (tertiary alicyclic amines) is 1. The van der Waals surface area contributed by atoms with E-state index < -0.39 is 11.0 Å². The third-order valence-electron chi connectivity index (χ3n) is 10.2. The van der Waals surface area contributed by atoms with E-state index in [1.165, 1.54) is 29.4 Å². The number of nitrogens with zero attached hydrogens (tertiary/aromatic N) is 2. The molecule has 3 aliphatic carbocycles. The fourth-order valence-corrected chi connectivity index (χ4v) is 8.57. The summed E-state index contributed by atoms with van der Waals surface area (Å²) in [6.45, 7) is 2.03. The van der Waals surface area contributed by atoms with Crippen molar-refractivity contribution in [1.82, 2.24) is 9.47 Å². The second-order valence-corrected chi connectivity index (χ2v) is 12.0. The molecule has 0 radical (unpaired) electrons. The predicted octanol–water partition coefficient (Wildman–Crippen LogP) is 5.04. The lowest BCUT2D eigenvalue weighted by Crippen LogP contribution is -2.74. The van der Waals surface area contributed by atoms with Crippen molar-refractivity contribution in [3.05, 3.63) is 89.1 Å². The summed E-state index contributed by atoms with van der Waals surface area (Å²) in [7, 11) is 0. The van der Waals surface area contributed by atoms with Crippen molar-refractivity contribution in [2.75, 3.05) is 13.1 Å². The highest BCUT2D eigenvalue weighted by atomic mass is 16.5. The van der Waals surface area contributed by atoms with Crippen LogP contribution in [-0.4, -0.2) is 44.4 Å². The SMILES string of the molecule is Oc1ccc2c3c1O[C@H]1c4c(c5ccccc5n4-c4ccccc4)C[C@@]4(O)C(C2)N(CC2CC2)CC[C@]314. The van der Waals surface area contributed by atoms with Crippen molar-refractivity contribution in [1.29, 1.82) is 0 Å². The molecular weight excluding hydrogens is 460 g/mol. The third kappa shape index (κ3) is 2.39. The maximum atomic E-state index is 13.1. The molecule has 4 atom stereocenters. The van der Waals surface area contributed by atoms with Gasteiger partial charge < -0.3 is 19.5 Å². The molecule has 186 valence electrons. The van der Waals surface area contributed by atoms with Crippen molar-refractivity contribution >= 4 is 10.9 Å². The Labute approximate surface area is 215 Å². The van der Waals surface area contributed by atoms with Crippen LogP contribution in [0.4, 0.5) is 0 Å². The van der Waals surface area contributed by atoms with Crippen LogP contribution in [0.25, 0.3) is 16.6 Å². The Morgan fingerprint density at radius 1 is 0.973 bits per heavy atom. The first-order chi connectivity index (χ1) is 18.1. The smallest absolute Gasteiger partial charge is 0.166 e. The predicted molar refractivity (Wildman–Crippen MR) is 141 cm³/mol. The normalized spacial score (nSPS) is 31.2. The molecule has 5 heteroatoms. The van der Waals surface area contributed by atoms with Crippen LogP contribution >= 0.6 is 0 Å². The molecule has 2 N–H and O–H groups in total. The number of aliphatic hydroxyl groups is 1. The molecule has 1 saturated heterocycles. The molecule has 4 aromatic rings. The Balaban J connectivity index is 1.37. The van der Waals surface area contributed by atoms with E-state index in [0.29, 0.717) is 12.2 Å². The van der Waals surface area contributed by atoms with Gasteiger partial charge in [-0.3, -0.25) is 4.90 Å². The van der Waals surface area contributed by atoms with E-state index in [-0.39, 0.29) is 17.9 Å². The van der Waals surface area contributed by atoms with Gasteiger partial charge >= 0.3 is 0 Å². The minimum absolute atomic E-state index is 0.0444. The quantitative estimate of drug-likeness (QED) is 0.423. The molecule has 9 rings (SSSR count). The number of piperidine rings is 1. The fourth-order valence-electron chi connectivity index (χ4n) is 8.57. The topological polar surface area (TPSA) is 57.9 Å². The van der Waals surface area contributed by atoms with Gasteiger partial charge in [-0.25, -0.2) is 0 Å². The number of fused-ring (bicyclic) bond motifs is 4. The lowest BCUT2D eigenvalue weighted by molar-refractivity contribution is -0.173. The lowest BCUT2D eigenvalue weighted by atomic mass is 9.49. The van der Waals surface area contributed by atoms with Gasteiger partial charge in [0.25, 0.3) is 0 Å².